The zero-order valence-corrected chi connectivity index (χ0v) is 21.8. The Morgan fingerprint density at radius 1 is 1.16 bits per heavy atom. The molecule has 0 bridgehead atoms. The van der Waals surface area contributed by atoms with Gasteiger partial charge in [0.05, 0.1) is 19.2 Å². The molecule has 32 heavy (non-hydrogen) atoms. The van der Waals surface area contributed by atoms with Crippen molar-refractivity contribution in [3.8, 4) is 0 Å². The van der Waals surface area contributed by atoms with Gasteiger partial charge in [-0.25, -0.2) is 9.38 Å². The van der Waals surface area contributed by atoms with Gasteiger partial charge in [-0.3, -0.25) is 9.69 Å². The Kier molecular flexibility index (Phi) is 11.1. The Balaban J connectivity index is 0.00000363. The van der Waals surface area contributed by atoms with E-state index in [4.69, 9.17) is 9.73 Å². The SMILES string of the molecule is CCNC(=NCc1ccc(F)c(COC)c1)N1CCN(C(C)C(=O)N2CCCC2)CC1.I. The van der Waals surface area contributed by atoms with Gasteiger partial charge in [-0.2, -0.15) is 0 Å². The maximum atomic E-state index is 13.9. The van der Waals surface area contributed by atoms with Crippen LogP contribution in [-0.4, -0.2) is 85.5 Å². The van der Waals surface area contributed by atoms with Crippen molar-refractivity contribution in [1.82, 2.24) is 20.0 Å². The van der Waals surface area contributed by atoms with Crippen LogP contribution in [0.4, 0.5) is 4.39 Å². The van der Waals surface area contributed by atoms with Crippen molar-refractivity contribution in [3.05, 3.63) is 35.1 Å². The first-order valence-electron chi connectivity index (χ1n) is 11.4. The number of hydrogen-bond donors (Lipinski definition) is 1. The van der Waals surface area contributed by atoms with E-state index in [9.17, 15) is 9.18 Å². The molecule has 1 unspecified atom stereocenters. The van der Waals surface area contributed by atoms with Gasteiger partial charge in [0.2, 0.25) is 5.91 Å². The van der Waals surface area contributed by atoms with Crippen LogP contribution in [-0.2, 0) is 22.7 Å². The predicted octanol–water partition coefficient (Wildman–Crippen LogP) is 2.68. The molecule has 1 N–H and O–H groups in total. The lowest BCUT2D eigenvalue weighted by molar-refractivity contribution is -0.135. The minimum absolute atomic E-state index is 0. The normalized spacial score (nSPS) is 18.4. The summed E-state index contributed by atoms with van der Waals surface area (Å²) in [6, 6.07) is 4.99. The number of rotatable bonds is 7. The molecular weight excluding hydrogens is 524 g/mol. The molecule has 9 heteroatoms. The smallest absolute Gasteiger partial charge is 0.239 e. The average molecular weight is 561 g/mol. The van der Waals surface area contributed by atoms with Crippen LogP contribution in [0.1, 0.15) is 37.8 Å². The van der Waals surface area contributed by atoms with Crippen LogP contribution < -0.4 is 5.32 Å². The highest BCUT2D eigenvalue weighted by molar-refractivity contribution is 14.0. The summed E-state index contributed by atoms with van der Waals surface area (Å²) in [7, 11) is 1.56. The molecule has 2 fully saturated rings. The van der Waals surface area contributed by atoms with E-state index in [1.165, 1.54) is 6.07 Å². The number of nitrogens with zero attached hydrogens (tertiary/aromatic N) is 4. The van der Waals surface area contributed by atoms with Gasteiger partial charge in [-0.05, 0) is 44.4 Å². The molecule has 0 spiro atoms. The molecule has 0 radical (unpaired) electrons. The van der Waals surface area contributed by atoms with E-state index in [1.807, 2.05) is 17.9 Å². The van der Waals surface area contributed by atoms with Crippen LogP contribution in [0.2, 0.25) is 0 Å². The first kappa shape index (κ1) is 26.8. The minimum atomic E-state index is -0.254. The molecule has 2 saturated heterocycles. The third-order valence-electron chi connectivity index (χ3n) is 6.09. The number of carbonyl (C=O) groups excluding carboxylic acids is 1. The summed E-state index contributed by atoms with van der Waals surface area (Å²) < 4.78 is 18.9. The highest BCUT2D eigenvalue weighted by Crippen LogP contribution is 2.15. The average Bonchev–Trinajstić information content (AvgIpc) is 3.33. The number of piperazine rings is 1. The van der Waals surface area contributed by atoms with Gasteiger partial charge < -0.3 is 19.9 Å². The van der Waals surface area contributed by atoms with Crippen molar-refractivity contribution < 1.29 is 13.9 Å². The Morgan fingerprint density at radius 2 is 1.84 bits per heavy atom. The number of benzene rings is 1. The molecule has 2 heterocycles. The second-order valence-corrected chi connectivity index (χ2v) is 8.26. The van der Waals surface area contributed by atoms with Crippen LogP contribution in [0.15, 0.2) is 23.2 Å². The van der Waals surface area contributed by atoms with Gasteiger partial charge in [0, 0.05) is 58.5 Å². The monoisotopic (exact) mass is 561 g/mol. The summed E-state index contributed by atoms with van der Waals surface area (Å²) in [5.74, 6) is 0.864. The highest BCUT2D eigenvalue weighted by atomic mass is 127. The summed E-state index contributed by atoms with van der Waals surface area (Å²) in [6.07, 6.45) is 2.24. The molecule has 2 aliphatic heterocycles. The van der Waals surface area contributed by atoms with Crippen molar-refractivity contribution >= 4 is 35.8 Å². The second kappa shape index (κ2) is 13.3. The van der Waals surface area contributed by atoms with E-state index < -0.39 is 0 Å². The number of amides is 1. The number of hydrogen-bond acceptors (Lipinski definition) is 4. The van der Waals surface area contributed by atoms with Gasteiger partial charge in [0.15, 0.2) is 5.96 Å². The summed E-state index contributed by atoms with van der Waals surface area (Å²) in [5.41, 5.74) is 1.50. The summed E-state index contributed by atoms with van der Waals surface area (Å²) in [5, 5.41) is 3.37. The molecule has 0 aromatic heterocycles. The molecule has 7 nitrogen and oxygen atoms in total. The summed E-state index contributed by atoms with van der Waals surface area (Å²) in [4.78, 5) is 24.0. The van der Waals surface area contributed by atoms with Gasteiger partial charge >= 0.3 is 0 Å². The fourth-order valence-corrected chi connectivity index (χ4v) is 4.26. The van der Waals surface area contributed by atoms with Crippen LogP contribution >= 0.6 is 24.0 Å². The zero-order valence-electron chi connectivity index (χ0n) is 19.5. The quantitative estimate of drug-likeness (QED) is 0.315. The summed E-state index contributed by atoms with van der Waals surface area (Å²) >= 11 is 0. The minimum Gasteiger partial charge on any atom is -0.380 e. The number of halogens is 2. The summed E-state index contributed by atoms with van der Waals surface area (Å²) in [6.45, 7) is 10.7. The fourth-order valence-electron chi connectivity index (χ4n) is 4.26. The van der Waals surface area contributed by atoms with Crippen molar-refractivity contribution in [2.45, 2.75) is 45.9 Å². The Morgan fingerprint density at radius 3 is 2.47 bits per heavy atom. The largest absolute Gasteiger partial charge is 0.380 e. The van der Waals surface area contributed by atoms with E-state index in [1.54, 1.807) is 13.2 Å². The van der Waals surface area contributed by atoms with Crippen LogP contribution in [0, 0.1) is 5.82 Å². The third kappa shape index (κ3) is 7.02. The Bertz CT molecular complexity index is 765. The second-order valence-electron chi connectivity index (χ2n) is 8.26. The van der Waals surface area contributed by atoms with Gasteiger partial charge in [0.1, 0.15) is 5.82 Å². The Labute approximate surface area is 208 Å². The van der Waals surface area contributed by atoms with Crippen molar-refractivity contribution in [2.75, 3.05) is 52.9 Å². The lowest BCUT2D eigenvalue weighted by Crippen LogP contribution is -2.57. The zero-order chi connectivity index (χ0) is 22.2. The molecular formula is C23H37FIN5O2. The molecule has 1 amide bonds. The molecule has 2 aliphatic rings. The lowest BCUT2D eigenvalue weighted by atomic mass is 10.1. The van der Waals surface area contributed by atoms with Crippen molar-refractivity contribution in [2.24, 2.45) is 4.99 Å². The maximum absolute atomic E-state index is 13.9. The number of ether oxygens (including phenoxy) is 1. The standard InChI is InChI=1S/C23H36FN5O2.HI/c1-4-25-23(26-16-19-7-8-21(24)20(15-19)17-31-3)29-13-11-27(12-14-29)18(2)22(30)28-9-5-6-10-28;/h7-8,15,18H,4-6,9-14,16-17H2,1-3H3,(H,25,26);1H. The third-order valence-corrected chi connectivity index (χ3v) is 6.09. The van der Waals surface area contributed by atoms with E-state index in [2.05, 4.69) is 22.0 Å². The lowest BCUT2D eigenvalue weighted by Gasteiger charge is -2.39. The molecule has 3 rings (SSSR count). The molecule has 0 saturated carbocycles. The topological polar surface area (TPSA) is 60.4 Å². The van der Waals surface area contributed by atoms with E-state index in [-0.39, 0.29) is 48.3 Å². The Hall–Kier alpha value is -1.46. The molecule has 1 aromatic carbocycles. The van der Waals surface area contributed by atoms with Gasteiger partial charge in [0.25, 0.3) is 0 Å². The van der Waals surface area contributed by atoms with Crippen molar-refractivity contribution in [3.63, 3.8) is 0 Å². The van der Waals surface area contributed by atoms with Crippen molar-refractivity contribution in [1.29, 1.82) is 0 Å². The number of guanidine groups is 1. The highest BCUT2D eigenvalue weighted by Gasteiger charge is 2.30. The van der Waals surface area contributed by atoms with E-state index in [0.717, 1.165) is 70.2 Å². The first-order valence-corrected chi connectivity index (χ1v) is 11.4. The number of likely N-dealkylation sites (tertiary alicyclic amines) is 1. The number of aliphatic imine (C=N–C) groups is 1. The van der Waals surface area contributed by atoms with Crippen LogP contribution in [0.5, 0.6) is 0 Å². The molecule has 180 valence electrons. The maximum Gasteiger partial charge on any atom is 0.239 e. The molecule has 1 atom stereocenters. The van der Waals surface area contributed by atoms with E-state index in [0.29, 0.717) is 12.1 Å². The molecule has 0 aliphatic carbocycles. The van der Waals surface area contributed by atoms with Crippen LogP contribution in [0.25, 0.3) is 0 Å². The number of nitrogens with one attached hydrogen (secondary N) is 1. The predicted molar refractivity (Wildman–Crippen MR) is 136 cm³/mol. The first-order chi connectivity index (χ1) is 15.0. The van der Waals surface area contributed by atoms with Gasteiger partial charge in [-0.15, -0.1) is 24.0 Å². The molecule has 1 aromatic rings. The van der Waals surface area contributed by atoms with E-state index >= 15 is 0 Å². The number of methoxy groups -OCH3 is 1. The van der Waals surface area contributed by atoms with Gasteiger partial charge in [-0.1, -0.05) is 6.07 Å². The fraction of sp³-hybridized carbons (Fsp3) is 0.652. The number of carbonyl (C=O) groups is 1. The van der Waals surface area contributed by atoms with Crippen LogP contribution in [0.3, 0.4) is 0 Å².